The average Bonchev–Trinajstić information content (AvgIpc) is 3.40. The fourth-order valence-corrected chi connectivity index (χ4v) is 14.6. The first kappa shape index (κ1) is 32.4. The third-order valence-electron chi connectivity index (χ3n) is 14.5. The van der Waals surface area contributed by atoms with E-state index < -0.39 is 8.07 Å². The number of hydrogen-bond acceptors (Lipinski definition) is 3. The summed E-state index contributed by atoms with van der Waals surface area (Å²) < 4.78 is 0. The van der Waals surface area contributed by atoms with Crippen LogP contribution in [0.4, 0.5) is 45.5 Å². The third kappa shape index (κ3) is 3.98. The van der Waals surface area contributed by atoms with Crippen LogP contribution < -0.4 is 41.5 Å². The van der Waals surface area contributed by atoms with Gasteiger partial charge in [-0.05, 0) is 112 Å². The lowest BCUT2D eigenvalue weighted by atomic mass is 9.33. The van der Waals surface area contributed by atoms with E-state index >= 15 is 0 Å². The molecule has 0 bridgehead atoms. The van der Waals surface area contributed by atoms with Gasteiger partial charge < -0.3 is 14.7 Å². The minimum absolute atomic E-state index is 0.00124. The Kier molecular flexibility index (Phi) is 6.63. The molecule has 2 atom stereocenters. The molecular formula is C49H48BN3Si. The molecule has 54 heavy (non-hydrogen) atoms. The van der Waals surface area contributed by atoms with Crippen LogP contribution >= 0.6 is 0 Å². The first-order valence-electron chi connectivity index (χ1n) is 20.2. The Morgan fingerprint density at radius 2 is 1.28 bits per heavy atom. The number of nitrogens with zero attached hydrogens (tertiary/aromatic N) is 3. The molecule has 0 spiro atoms. The Labute approximate surface area is 322 Å². The van der Waals surface area contributed by atoms with Crippen LogP contribution in [0.25, 0.3) is 0 Å². The summed E-state index contributed by atoms with van der Waals surface area (Å²) in [5.74, 6) is 0.378. The first-order valence-corrected chi connectivity index (χ1v) is 23.2. The van der Waals surface area contributed by atoms with Crippen molar-refractivity contribution in [3.05, 3.63) is 139 Å². The van der Waals surface area contributed by atoms with Gasteiger partial charge in [0.05, 0.1) is 5.54 Å². The molecule has 0 radical (unpaired) electrons. The van der Waals surface area contributed by atoms with Gasteiger partial charge in [0.2, 0.25) is 0 Å². The Morgan fingerprint density at radius 1 is 0.593 bits per heavy atom. The van der Waals surface area contributed by atoms with Crippen LogP contribution in [0, 0.1) is 0 Å². The van der Waals surface area contributed by atoms with E-state index in [-0.39, 0.29) is 17.7 Å². The van der Waals surface area contributed by atoms with Gasteiger partial charge in [0.1, 0.15) is 8.07 Å². The smallest absolute Gasteiger partial charge is 0.252 e. The summed E-state index contributed by atoms with van der Waals surface area (Å²) in [5.41, 5.74) is 17.9. The maximum atomic E-state index is 2.74. The zero-order valence-electron chi connectivity index (χ0n) is 32.4. The largest absolute Gasteiger partial charge is 0.334 e. The minimum Gasteiger partial charge on any atom is -0.334 e. The number of rotatable bonds is 3. The van der Waals surface area contributed by atoms with Crippen LogP contribution in [-0.4, -0.2) is 20.3 Å². The molecule has 0 N–H and O–H groups in total. The summed E-state index contributed by atoms with van der Waals surface area (Å²) in [7, 11) is -1.99. The number of anilines is 8. The monoisotopic (exact) mass is 717 g/mol. The highest BCUT2D eigenvalue weighted by molar-refractivity contribution is 7.05. The van der Waals surface area contributed by atoms with E-state index in [1.165, 1.54) is 104 Å². The van der Waals surface area contributed by atoms with E-state index in [4.69, 9.17) is 0 Å². The molecule has 6 aromatic rings. The van der Waals surface area contributed by atoms with Crippen molar-refractivity contribution < 1.29 is 0 Å². The Morgan fingerprint density at radius 3 is 2.07 bits per heavy atom. The zero-order chi connectivity index (χ0) is 36.7. The molecule has 2 unspecified atom stereocenters. The summed E-state index contributed by atoms with van der Waals surface area (Å²) in [5, 5.41) is 3.06. The molecule has 1 aliphatic carbocycles. The Hall–Kier alpha value is -5.00. The van der Waals surface area contributed by atoms with E-state index in [2.05, 4.69) is 183 Å². The molecule has 0 amide bonds. The molecule has 0 saturated heterocycles. The highest BCUT2D eigenvalue weighted by atomic mass is 28.3. The number of hydrogen-bond donors (Lipinski definition) is 0. The second-order valence-corrected chi connectivity index (χ2v) is 22.2. The molecule has 4 heterocycles. The van der Waals surface area contributed by atoms with Crippen molar-refractivity contribution in [3.8, 4) is 0 Å². The van der Waals surface area contributed by atoms with Crippen LogP contribution in [0.15, 0.2) is 127 Å². The SMILES string of the molecule is CC(C)c1cc2c3c(c1)N1c4ccccc4[Si](C)(C)c4cccc(c41)B3c1ccc(N3c4ccccc4C4(C)CCCCC34C)cc1N2c1ccccc1. The van der Waals surface area contributed by atoms with E-state index in [0.717, 1.165) is 0 Å². The second-order valence-electron chi connectivity index (χ2n) is 17.9. The van der Waals surface area contributed by atoms with Crippen LogP contribution in [-0.2, 0) is 5.41 Å². The van der Waals surface area contributed by atoms with Gasteiger partial charge in [0, 0.05) is 50.9 Å². The number of para-hydroxylation sites is 4. The van der Waals surface area contributed by atoms with Crippen molar-refractivity contribution in [2.45, 2.75) is 83.3 Å². The third-order valence-corrected chi connectivity index (χ3v) is 18.1. The van der Waals surface area contributed by atoms with Crippen LogP contribution in [0.5, 0.6) is 0 Å². The average molecular weight is 718 g/mol. The predicted molar refractivity (Wildman–Crippen MR) is 234 cm³/mol. The molecule has 5 heteroatoms. The molecule has 266 valence electrons. The molecule has 0 aromatic heterocycles. The lowest BCUT2D eigenvalue weighted by Crippen LogP contribution is -2.67. The standard InChI is InChI=1S/C49H48BN3Si/c1-32(2)33-29-42-46-43(30-33)52-40-22-12-13-23-44(40)54(5,6)45-24-16-20-38(47(45)52)50(46)37-26-25-35(31-41(37)51(42)34-17-8-7-9-18-34)53-39-21-11-10-19-36(39)48(3)27-14-15-28-49(48,53)4/h7-13,16-26,29-32H,14-15,27-28H2,1-6H3. The number of benzene rings is 6. The van der Waals surface area contributed by atoms with E-state index in [9.17, 15) is 0 Å². The topological polar surface area (TPSA) is 9.72 Å². The summed E-state index contributed by atoms with van der Waals surface area (Å²) in [4.78, 5) is 8.01. The van der Waals surface area contributed by atoms with Crippen molar-refractivity contribution in [2.75, 3.05) is 14.7 Å². The maximum absolute atomic E-state index is 2.74. The fraction of sp³-hybridized carbons (Fsp3) is 0.265. The van der Waals surface area contributed by atoms with Gasteiger partial charge in [-0.2, -0.15) is 0 Å². The van der Waals surface area contributed by atoms with Gasteiger partial charge in [-0.25, -0.2) is 0 Å². The molecule has 1 fully saturated rings. The van der Waals surface area contributed by atoms with Gasteiger partial charge in [0.25, 0.3) is 6.71 Å². The van der Waals surface area contributed by atoms with Crippen molar-refractivity contribution in [1.82, 2.24) is 0 Å². The van der Waals surface area contributed by atoms with E-state index in [0.29, 0.717) is 5.92 Å². The van der Waals surface area contributed by atoms with Crippen molar-refractivity contribution in [3.63, 3.8) is 0 Å². The van der Waals surface area contributed by atoms with Gasteiger partial charge in [-0.1, -0.05) is 126 Å². The molecule has 4 aliphatic heterocycles. The van der Waals surface area contributed by atoms with Gasteiger partial charge >= 0.3 is 0 Å². The van der Waals surface area contributed by atoms with Gasteiger partial charge in [-0.3, -0.25) is 0 Å². The summed E-state index contributed by atoms with van der Waals surface area (Å²) in [6.45, 7) is 15.0. The highest BCUT2D eigenvalue weighted by Crippen LogP contribution is 2.61. The molecule has 11 rings (SSSR count). The molecule has 5 aliphatic rings. The number of fused-ring (bicyclic) bond motifs is 9. The molecule has 1 saturated carbocycles. The molecule has 6 aromatic carbocycles. The van der Waals surface area contributed by atoms with Crippen LogP contribution in [0.3, 0.4) is 0 Å². The highest BCUT2D eigenvalue weighted by Gasteiger charge is 2.58. The molecular weight excluding hydrogens is 669 g/mol. The Bertz CT molecular complexity index is 2540. The second kappa shape index (κ2) is 11.0. The summed E-state index contributed by atoms with van der Waals surface area (Å²) in [6, 6.07) is 49.5. The maximum Gasteiger partial charge on any atom is 0.252 e. The first-order chi connectivity index (χ1) is 26.1. The minimum atomic E-state index is -1.99. The lowest BCUT2D eigenvalue weighted by molar-refractivity contribution is 0.195. The summed E-state index contributed by atoms with van der Waals surface area (Å²) in [6.07, 6.45) is 4.98. The van der Waals surface area contributed by atoms with Crippen LogP contribution in [0.1, 0.15) is 70.4 Å². The predicted octanol–water partition coefficient (Wildman–Crippen LogP) is 9.77. The van der Waals surface area contributed by atoms with Gasteiger partial charge in [-0.15, -0.1) is 0 Å². The lowest BCUT2D eigenvalue weighted by Gasteiger charge is -2.51. The van der Waals surface area contributed by atoms with Crippen LogP contribution in [0.2, 0.25) is 13.1 Å². The fourth-order valence-electron chi connectivity index (χ4n) is 11.6. The molecule has 3 nitrogen and oxygen atoms in total. The zero-order valence-corrected chi connectivity index (χ0v) is 33.4. The Balaban J connectivity index is 1.22. The summed E-state index contributed by atoms with van der Waals surface area (Å²) >= 11 is 0. The normalized spacial score (nSPS) is 22.3. The van der Waals surface area contributed by atoms with E-state index in [1.54, 1.807) is 5.19 Å². The van der Waals surface area contributed by atoms with Crippen molar-refractivity contribution in [1.29, 1.82) is 0 Å². The van der Waals surface area contributed by atoms with Crippen molar-refractivity contribution >= 4 is 87.0 Å². The van der Waals surface area contributed by atoms with E-state index in [1.807, 2.05) is 0 Å². The quantitative estimate of drug-likeness (QED) is 0.169. The van der Waals surface area contributed by atoms with Crippen molar-refractivity contribution in [2.24, 2.45) is 0 Å². The van der Waals surface area contributed by atoms with Gasteiger partial charge in [0.15, 0.2) is 0 Å².